The summed E-state index contributed by atoms with van der Waals surface area (Å²) in [7, 11) is 0. The van der Waals surface area contributed by atoms with Crippen LogP contribution in [0.4, 0.5) is 17.6 Å². The molecule has 1 fully saturated rings. The zero-order valence-corrected chi connectivity index (χ0v) is 13.6. The van der Waals surface area contributed by atoms with Crippen LogP contribution in [0.15, 0.2) is 18.2 Å². The lowest BCUT2D eigenvalue weighted by Gasteiger charge is -2.39. The van der Waals surface area contributed by atoms with Gasteiger partial charge in [0.15, 0.2) is 0 Å². The van der Waals surface area contributed by atoms with E-state index in [1.54, 1.807) is 0 Å². The van der Waals surface area contributed by atoms with Gasteiger partial charge in [-0.2, -0.15) is 13.2 Å². The van der Waals surface area contributed by atoms with Gasteiger partial charge in [-0.15, -0.1) is 0 Å². The molecule has 130 valence electrons. The predicted molar refractivity (Wildman–Crippen MR) is 82.7 cm³/mol. The number of hydrogen-bond donors (Lipinski definition) is 1. The fourth-order valence-electron chi connectivity index (χ4n) is 3.38. The van der Waals surface area contributed by atoms with Crippen LogP contribution in [-0.2, 0) is 6.18 Å². The first kappa shape index (κ1) is 18.2. The van der Waals surface area contributed by atoms with Crippen molar-refractivity contribution >= 4 is 0 Å². The highest BCUT2D eigenvalue weighted by atomic mass is 19.4. The van der Waals surface area contributed by atoms with Crippen LogP contribution < -0.4 is 5.32 Å². The van der Waals surface area contributed by atoms with E-state index in [4.69, 9.17) is 0 Å². The molecule has 1 aromatic rings. The van der Waals surface area contributed by atoms with Gasteiger partial charge in [-0.3, -0.25) is 4.90 Å². The SMILES string of the molecule is CCCC(C)[C@H](c1ccc(C(F)(F)F)cc1F)N1CCNCC1. The van der Waals surface area contributed by atoms with E-state index in [1.807, 2.05) is 6.92 Å². The summed E-state index contributed by atoms with van der Waals surface area (Å²) in [6.45, 7) is 7.30. The minimum atomic E-state index is -4.51. The van der Waals surface area contributed by atoms with Crippen molar-refractivity contribution in [1.29, 1.82) is 0 Å². The molecule has 1 aromatic carbocycles. The molecule has 2 nitrogen and oxygen atoms in total. The van der Waals surface area contributed by atoms with Crippen molar-refractivity contribution in [3.63, 3.8) is 0 Å². The highest BCUT2D eigenvalue weighted by Gasteiger charge is 2.34. The Morgan fingerprint density at radius 2 is 1.87 bits per heavy atom. The number of nitrogens with one attached hydrogen (secondary N) is 1. The Balaban J connectivity index is 2.34. The van der Waals surface area contributed by atoms with Gasteiger partial charge in [-0.1, -0.05) is 26.3 Å². The van der Waals surface area contributed by atoms with Crippen molar-refractivity contribution in [3.05, 3.63) is 35.1 Å². The van der Waals surface area contributed by atoms with Gasteiger partial charge in [0.1, 0.15) is 5.82 Å². The van der Waals surface area contributed by atoms with E-state index < -0.39 is 17.6 Å². The van der Waals surface area contributed by atoms with Crippen LogP contribution >= 0.6 is 0 Å². The predicted octanol–water partition coefficient (Wildman–Crippen LogP) is 4.23. The lowest BCUT2D eigenvalue weighted by atomic mass is 9.88. The molecule has 2 rings (SSSR count). The molecule has 23 heavy (non-hydrogen) atoms. The van der Waals surface area contributed by atoms with Crippen LogP contribution in [0.1, 0.15) is 43.9 Å². The first-order valence-corrected chi connectivity index (χ1v) is 8.16. The monoisotopic (exact) mass is 332 g/mol. The summed E-state index contributed by atoms with van der Waals surface area (Å²) in [5, 5.41) is 3.25. The third kappa shape index (κ3) is 4.44. The number of halogens is 4. The molecule has 1 heterocycles. The largest absolute Gasteiger partial charge is 0.416 e. The van der Waals surface area contributed by atoms with Crippen LogP contribution in [0.5, 0.6) is 0 Å². The number of rotatable bonds is 5. The van der Waals surface area contributed by atoms with Gasteiger partial charge in [0.25, 0.3) is 0 Å². The smallest absolute Gasteiger partial charge is 0.314 e. The maximum atomic E-state index is 14.4. The Bertz CT molecular complexity index is 510. The maximum Gasteiger partial charge on any atom is 0.416 e. The van der Waals surface area contributed by atoms with Crippen LogP contribution in [0.2, 0.25) is 0 Å². The molecule has 0 saturated carbocycles. The molecule has 0 spiro atoms. The van der Waals surface area contributed by atoms with Crippen molar-refractivity contribution in [2.75, 3.05) is 26.2 Å². The lowest BCUT2D eigenvalue weighted by molar-refractivity contribution is -0.137. The van der Waals surface area contributed by atoms with Gasteiger partial charge >= 0.3 is 6.18 Å². The molecule has 6 heteroatoms. The summed E-state index contributed by atoms with van der Waals surface area (Å²) in [5.41, 5.74) is -0.554. The average Bonchev–Trinajstić information content (AvgIpc) is 2.49. The quantitative estimate of drug-likeness (QED) is 0.812. The molecule has 1 saturated heterocycles. The van der Waals surface area contributed by atoms with E-state index in [0.29, 0.717) is 11.6 Å². The molecule has 1 aliphatic heterocycles. The molecule has 1 N–H and O–H groups in total. The number of nitrogens with zero attached hydrogens (tertiary/aromatic N) is 1. The summed E-state index contributed by atoms with van der Waals surface area (Å²) in [6.07, 6.45) is -2.64. The molecule has 0 aliphatic carbocycles. The van der Waals surface area contributed by atoms with Crippen molar-refractivity contribution < 1.29 is 17.6 Å². The first-order valence-electron chi connectivity index (χ1n) is 8.16. The van der Waals surface area contributed by atoms with Gasteiger partial charge < -0.3 is 5.32 Å². The third-order valence-corrected chi connectivity index (χ3v) is 4.47. The zero-order chi connectivity index (χ0) is 17.0. The Morgan fingerprint density at radius 1 is 1.22 bits per heavy atom. The van der Waals surface area contributed by atoms with E-state index in [2.05, 4.69) is 17.1 Å². The fourth-order valence-corrected chi connectivity index (χ4v) is 3.38. The highest BCUT2D eigenvalue weighted by molar-refractivity contribution is 5.29. The molecule has 2 atom stereocenters. The fraction of sp³-hybridized carbons (Fsp3) is 0.647. The normalized spacial score (nSPS) is 19.6. The second-order valence-corrected chi connectivity index (χ2v) is 6.23. The Kier molecular flexibility index (Phi) is 6.03. The minimum Gasteiger partial charge on any atom is -0.314 e. The summed E-state index contributed by atoms with van der Waals surface area (Å²) < 4.78 is 52.7. The molecule has 0 bridgehead atoms. The van der Waals surface area contributed by atoms with Gasteiger partial charge in [0, 0.05) is 37.8 Å². The topological polar surface area (TPSA) is 15.3 Å². The Labute approximate surface area is 134 Å². The second kappa shape index (κ2) is 7.62. The van der Waals surface area contributed by atoms with E-state index in [9.17, 15) is 17.6 Å². The summed E-state index contributed by atoms with van der Waals surface area (Å²) in [4.78, 5) is 2.18. The van der Waals surface area contributed by atoms with Crippen LogP contribution in [0.25, 0.3) is 0 Å². The molecular weight excluding hydrogens is 308 g/mol. The van der Waals surface area contributed by atoms with Crippen LogP contribution in [0.3, 0.4) is 0 Å². The summed E-state index contributed by atoms with van der Waals surface area (Å²) in [5.74, 6) is -0.573. The number of benzene rings is 1. The molecule has 0 amide bonds. The van der Waals surface area contributed by atoms with Crippen LogP contribution in [-0.4, -0.2) is 31.1 Å². The highest BCUT2D eigenvalue weighted by Crippen LogP contribution is 2.36. The summed E-state index contributed by atoms with van der Waals surface area (Å²) >= 11 is 0. The molecule has 1 unspecified atom stereocenters. The van der Waals surface area contributed by atoms with Crippen LogP contribution in [0, 0.1) is 11.7 Å². The lowest BCUT2D eigenvalue weighted by Crippen LogP contribution is -2.46. The van der Waals surface area contributed by atoms with Crippen molar-refractivity contribution in [2.45, 2.75) is 38.9 Å². The zero-order valence-electron chi connectivity index (χ0n) is 13.6. The van der Waals surface area contributed by atoms with Gasteiger partial charge in [-0.25, -0.2) is 4.39 Å². The van der Waals surface area contributed by atoms with Gasteiger partial charge in [-0.05, 0) is 24.5 Å². The number of hydrogen-bond acceptors (Lipinski definition) is 2. The standard InChI is InChI=1S/C17H24F4N2/c1-3-4-12(2)16(23-9-7-22-8-10-23)14-6-5-13(11-15(14)18)17(19,20)21/h5-6,11-12,16,22H,3-4,7-10H2,1-2H3/t12?,16-/m1/s1. The van der Waals surface area contributed by atoms with E-state index in [1.165, 1.54) is 6.07 Å². The second-order valence-electron chi connectivity index (χ2n) is 6.23. The van der Waals surface area contributed by atoms with Gasteiger partial charge in [0.2, 0.25) is 0 Å². The van der Waals surface area contributed by atoms with Crippen molar-refractivity contribution in [3.8, 4) is 0 Å². The number of alkyl halides is 3. The molecule has 1 aliphatic rings. The Hall–Kier alpha value is -1.14. The third-order valence-electron chi connectivity index (χ3n) is 4.47. The molecular formula is C17H24F4N2. The summed E-state index contributed by atoms with van der Waals surface area (Å²) in [6, 6.07) is 2.76. The first-order chi connectivity index (χ1) is 10.8. The minimum absolute atomic E-state index is 0.181. The Morgan fingerprint density at radius 3 is 2.39 bits per heavy atom. The van der Waals surface area contributed by atoms with E-state index in [-0.39, 0.29) is 12.0 Å². The van der Waals surface area contributed by atoms with Gasteiger partial charge in [0.05, 0.1) is 5.56 Å². The maximum absolute atomic E-state index is 14.4. The average molecular weight is 332 g/mol. The number of piperazine rings is 1. The van der Waals surface area contributed by atoms with Crippen molar-refractivity contribution in [2.24, 2.45) is 5.92 Å². The molecule has 0 radical (unpaired) electrons. The van der Waals surface area contributed by atoms with Crippen molar-refractivity contribution in [1.82, 2.24) is 10.2 Å². The molecule has 0 aromatic heterocycles. The van der Waals surface area contributed by atoms with E-state index >= 15 is 0 Å². The van der Waals surface area contributed by atoms with E-state index in [0.717, 1.165) is 45.1 Å².